The molecule has 2 aromatic rings. The summed E-state index contributed by atoms with van der Waals surface area (Å²) in [4.78, 5) is 22.2. The summed E-state index contributed by atoms with van der Waals surface area (Å²) in [5.74, 6) is -0.341. The van der Waals surface area contributed by atoms with Crippen LogP contribution in [0.25, 0.3) is 6.08 Å². The third-order valence-electron chi connectivity index (χ3n) is 3.10. The lowest BCUT2D eigenvalue weighted by atomic mass is 10.2. The molecular formula is C17H13Cl3N2O4. The number of nitrogens with one attached hydrogen (secondary N) is 1. The first-order chi connectivity index (χ1) is 12.3. The number of carbonyl (C=O) groups is 1. The Hall–Kier alpha value is -2.28. The maximum absolute atomic E-state index is 12.1. The molecule has 0 heterocycles. The number of non-ortho nitro benzene ring substituents is 1. The average molecular weight is 416 g/mol. The molecule has 1 atom stereocenters. The van der Waals surface area contributed by atoms with Gasteiger partial charge < -0.3 is 10.1 Å². The minimum atomic E-state index is -1.96. The third-order valence-corrected chi connectivity index (χ3v) is 3.69. The van der Waals surface area contributed by atoms with E-state index in [1.807, 2.05) is 30.3 Å². The van der Waals surface area contributed by atoms with E-state index in [1.165, 1.54) is 30.3 Å². The lowest BCUT2D eigenvalue weighted by molar-refractivity contribution is -0.384. The number of rotatable bonds is 6. The summed E-state index contributed by atoms with van der Waals surface area (Å²) < 4.78 is 3.49. The summed E-state index contributed by atoms with van der Waals surface area (Å²) in [6.07, 6.45) is 1.57. The average Bonchev–Trinajstić information content (AvgIpc) is 2.60. The molecule has 0 aromatic heterocycles. The summed E-state index contributed by atoms with van der Waals surface area (Å²) in [5.41, 5.74) is 0.710. The zero-order chi connectivity index (χ0) is 19.2. The number of hydrogen-bond acceptors (Lipinski definition) is 4. The van der Waals surface area contributed by atoms with Crippen molar-refractivity contribution in [2.45, 2.75) is 10.0 Å². The minimum Gasteiger partial charge on any atom is -0.466 e. The van der Waals surface area contributed by atoms with Gasteiger partial charge in [0, 0.05) is 18.2 Å². The van der Waals surface area contributed by atoms with Crippen molar-refractivity contribution in [2.24, 2.45) is 0 Å². The highest BCUT2D eigenvalue weighted by atomic mass is 35.6. The highest BCUT2D eigenvalue weighted by Gasteiger charge is 2.36. The van der Waals surface area contributed by atoms with Gasteiger partial charge in [0.1, 0.15) is 5.75 Å². The molecule has 0 spiro atoms. The van der Waals surface area contributed by atoms with E-state index in [9.17, 15) is 14.9 Å². The van der Waals surface area contributed by atoms with Crippen molar-refractivity contribution < 1.29 is 14.5 Å². The van der Waals surface area contributed by atoms with Crippen molar-refractivity contribution in [1.82, 2.24) is 5.32 Å². The summed E-state index contributed by atoms with van der Waals surface area (Å²) in [6.45, 7) is 0. The van der Waals surface area contributed by atoms with Crippen LogP contribution in [-0.4, -0.2) is 20.9 Å². The first-order valence-corrected chi connectivity index (χ1v) is 8.40. The van der Waals surface area contributed by atoms with Crippen LogP contribution in [-0.2, 0) is 4.79 Å². The molecule has 1 N–H and O–H groups in total. The van der Waals surface area contributed by atoms with Gasteiger partial charge in [-0.2, -0.15) is 0 Å². The van der Waals surface area contributed by atoms with Crippen LogP contribution in [0.3, 0.4) is 0 Å². The lowest BCUT2D eigenvalue weighted by Crippen LogP contribution is -2.47. The number of nitro benzene ring substituents is 1. The molecule has 1 amide bonds. The van der Waals surface area contributed by atoms with E-state index in [0.717, 1.165) is 5.56 Å². The third kappa shape index (κ3) is 6.22. The Morgan fingerprint density at radius 2 is 1.73 bits per heavy atom. The molecule has 0 saturated heterocycles. The van der Waals surface area contributed by atoms with Crippen molar-refractivity contribution in [1.29, 1.82) is 0 Å². The Morgan fingerprint density at radius 3 is 2.27 bits per heavy atom. The van der Waals surface area contributed by atoms with Gasteiger partial charge in [0.2, 0.25) is 15.9 Å². The highest BCUT2D eigenvalue weighted by molar-refractivity contribution is 6.68. The van der Waals surface area contributed by atoms with Gasteiger partial charge in [-0.3, -0.25) is 14.9 Å². The van der Waals surface area contributed by atoms with Crippen LogP contribution >= 0.6 is 34.8 Å². The van der Waals surface area contributed by atoms with Crippen molar-refractivity contribution in [3.63, 3.8) is 0 Å². The molecule has 0 saturated carbocycles. The van der Waals surface area contributed by atoms with Gasteiger partial charge in [-0.15, -0.1) is 0 Å². The second-order valence-electron chi connectivity index (χ2n) is 5.04. The Kier molecular flexibility index (Phi) is 6.85. The Morgan fingerprint density at radius 1 is 1.12 bits per heavy atom. The zero-order valence-electron chi connectivity index (χ0n) is 13.1. The van der Waals surface area contributed by atoms with E-state index in [0.29, 0.717) is 0 Å². The van der Waals surface area contributed by atoms with Gasteiger partial charge in [0.05, 0.1) is 4.92 Å². The summed E-state index contributed by atoms with van der Waals surface area (Å²) in [6, 6.07) is 14.3. The number of ether oxygens (including phenoxy) is 1. The molecule has 0 aliphatic rings. The van der Waals surface area contributed by atoms with Crippen molar-refractivity contribution >= 4 is 52.5 Å². The largest absolute Gasteiger partial charge is 0.466 e. The molecule has 26 heavy (non-hydrogen) atoms. The van der Waals surface area contributed by atoms with Gasteiger partial charge in [0.25, 0.3) is 5.69 Å². The fourth-order valence-corrected chi connectivity index (χ4v) is 2.17. The van der Waals surface area contributed by atoms with E-state index < -0.39 is 20.9 Å². The second kappa shape index (κ2) is 8.89. The van der Waals surface area contributed by atoms with Gasteiger partial charge in [-0.25, -0.2) is 0 Å². The predicted octanol–water partition coefficient (Wildman–Crippen LogP) is 4.50. The SMILES string of the molecule is O=C(/C=C/c1ccccc1)NC(Oc1ccc([N+](=O)[O-])cc1)C(Cl)(Cl)Cl. The number of nitro groups is 1. The molecule has 2 aromatic carbocycles. The van der Waals surface area contributed by atoms with Crippen LogP contribution in [0.1, 0.15) is 5.56 Å². The molecule has 1 unspecified atom stereocenters. The van der Waals surface area contributed by atoms with E-state index in [2.05, 4.69) is 5.32 Å². The standard InChI is InChI=1S/C17H13Cl3N2O4/c18-17(19,20)16(26-14-9-7-13(8-10-14)22(24)25)21-15(23)11-6-12-4-2-1-3-5-12/h1-11,16H,(H,21,23)/b11-6+. The molecule has 0 bridgehead atoms. The molecule has 6 nitrogen and oxygen atoms in total. The number of carbonyl (C=O) groups excluding carboxylic acids is 1. The van der Waals surface area contributed by atoms with Crippen LogP contribution in [0.5, 0.6) is 5.75 Å². The monoisotopic (exact) mass is 414 g/mol. The van der Waals surface area contributed by atoms with Crippen LogP contribution < -0.4 is 10.1 Å². The molecule has 9 heteroatoms. The molecular weight excluding hydrogens is 403 g/mol. The first-order valence-electron chi connectivity index (χ1n) is 7.27. The maximum Gasteiger partial charge on any atom is 0.269 e. The van der Waals surface area contributed by atoms with Gasteiger partial charge >= 0.3 is 0 Å². The summed E-state index contributed by atoms with van der Waals surface area (Å²) >= 11 is 17.6. The zero-order valence-corrected chi connectivity index (χ0v) is 15.4. The van der Waals surface area contributed by atoms with Crippen LogP contribution in [0.4, 0.5) is 5.69 Å². The Bertz CT molecular complexity index is 790. The maximum atomic E-state index is 12.1. The molecule has 0 fully saturated rings. The predicted molar refractivity (Wildman–Crippen MR) is 101 cm³/mol. The molecule has 0 aliphatic carbocycles. The number of halogens is 3. The molecule has 2 rings (SSSR count). The second-order valence-corrected chi connectivity index (χ2v) is 7.41. The highest BCUT2D eigenvalue weighted by Crippen LogP contribution is 2.32. The van der Waals surface area contributed by atoms with Gasteiger partial charge in [-0.05, 0) is 23.8 Å². The van der Waals surface area contributed by atoms with Crippen LogP contribution in [0.15, 0.2) is 60.7 Å². The molecule has 0 aliphatic heterocycles. The number of benzene rings is 2. The van der Waals surface area contributed by atoms with E-state index in [1.54, 1.807) is 6.08 Å². The fourth-order valence-electron chi connectivity index (χ4n) is 1.87. The van der Waals surface area contributed by atoms with E-state index >= 15 is 0 Å². The number of alkyl halides is 3. The van der Waals surface area contributed by atoms with Gasteiger partial charge in [-0.1, -0.05) is 65.1 Å². The normalized spacial score (nSPS) is 12.6. The Labute approximate surface area is 164 Å². The summed E-state index contributed by atoms with van der Waals surface area (Å²) in [5, 5.41) is 13.1. The quantitative estimate of drug-likeness (QED) is 0.248. The topological polar surface area (TPSA) is 81.5 Å². The first kappa shape index (κ1) is 20.0. The van der Waals surface area contributed by atoms with E-state index in [4.69, 9.17) is 39.5 Å². The van der Waals surface area contributed by atoms with Gasteiger partial charge in [0.15, 0.2) is 0 Å². The van der Waals surface area contributed by atoms with E-state index in [-0.39, 0.29) is 11.4 Å². The number of amides is 1. The lowest BCUT2D eigenvalue weighted by Gasteiger charge is -2.25. The summed E-state index contributed by atoms with van der Waals surface area (Å²) in [7, 11) is 0. The molecule has 136 valence electrons. The number of hydrogen-bond donors (Lipinski definition) is 1. The molecule has 0 radical (unpaired) electrons. The Balaban J connectivity index is 2.06. The van der Waals surface area contributed by atoms with Crippen molar-refractivity contribution in [3.05, 3.63) is 76.4 Å². The smallest absolute Gasteiger partial charge is 0.269 e. The fraction of sp³-hybridized carbons (Fsp3) is 0.118. The van der Waals surface area contributed by atoms with Crippen molar-refractivity contribution in [2.75, 3.05) is 0 Å². The number of nitrogens with zero attached hydrogens (tertiary/aromatic N) is 1. The van der Waals surface area contributed by atoms with Crippen LogP contribution in [0, 0.1) is 10.1 Å². The van der Waals surface area contributed by atoms with Crippen LogP contribution in [0.2, 0.25) is 0 Å². The van der Waals surface area contributed by atoms with Crippen molar-refractivity contribution in [3.8, 4) is 5.75 Å². The minimum absolute atomic E-state index is 0.113.